The zero-order valence-corrected chi connectivity index (χ0v) is 15.2. The third-order valence-corrected chi connectivity index (χ3v) is 4.17. The van der Waals surface area contributed by atoms with Gasteiger partial charge in [-0.2, -0.15) is 4.98 Å². The van der Waals surface area contributed by atoms with Crippen molar-refractivity contribution in [3.05, 3.63) is 83.9 Å². The molecule has 4 rings (SSSR count). The third-order valence-electron chi connectivity index (χ3n) is 4.17. The van der Waals surface area contributed by atoms with E-state index in [1.807, 2.05) is 43.3 Å². The van der Waals surface area contributed by atoms with Crippen LogP contribution in [0.1, 0.15) is 21.8 Å². The lowest BCUT2D eigenvalue weighted by Gasteiger charge is -2.10. The minimum Gasteiger partial charge on any atom is -0.461 e. The standard InChI is InChI=1S/C21H18N4O3/c1-14-9-10-15(21(26)23-16-6-3-2-4-7-16)12-17(14)22-13-19-24-20(25-28-19)18-8-5-11-27-18/h2-12,22H,13H2,1H3,(H,23,26). The van der Waals surface area contributed by atoms with Crippen LogP contribution in [0.3, 0.4) is 0 Å². The number of amides is 1. The second-order valence-electron chi connectivity index (χ2n) is 6.19. The highest BCUT2D eigenvalue weighted by molar-refractivity contribution is 6.04. The van der Waals surface area contributed by atoms with Crippen LogP contribution in [-0.2, 0) is 6.54 Å². The Bertz CT molecular complexity index is 1070. The van der Waals surface area contributed by atoms with Crippen LogP contribution in [-0.4, -0.2) is 16.0 Å². The summed E-state index contributed by atoms with van der Waals surface area (Å²) in [5, 5.41) is 10.0. The number of anilines is 2. The van der Waals surface area contributed by atoms with Gasteiger partial charge in [-0.15, -0.1) is 0 Å². The second-order valence-corrected chi connectivity index (χ2v) is 6.19. The number of aryl methyl sites for hydroxylation is 1. The third kappa shape index (κ3) is 3.93. The maximum atomic E-state index is 12.5. The van der Waals surface area contributed by atoms with Crippen molar-refractivity contribution in [1.82, 2.24) is 10.1 Å². The number of aromatic nitrogens is 2. The van der Waals surface area contributed by atoms with Gasteiger partial charge in [0.15, 0.2) is 5.76 Å². The van der Waals surface area contributed by atoms with Crippen LogP contribution in [0.2, 0.25) is 0 Å². The molecule has 2 heterocycles. The van der Waals surface area contributed by atoms with E-state index in [-0.39, 0.29) is 5.91 Å². The van der Waals surface area contributed by atoms with E-state index in [0.29, 0.717) is 29.6 Å². The smallest absolute Gasteiger partial charge is 0.255 e. The Kier molecular flexibility index (Phi) is 4.88. The maximum Gasteiger partial charge on any atom is 0.255 e. The molecule has 0 spiro atoms. The highest BCUT2D eigenvalue weighted by Crippen LogP contribution is 2.20. The molecule has 0 radical (unpaired) electrons. The Morgan fingerprint density at radius 2 is 1.93 bits per heavy atom. The zero-order valence-electron chi connectivity index (χ0n) is 15.2. The number of benzene rings is 2. The van der Waals surface area contributed by atoms with Crippen LogP contribution < -0.4 is 10.6 Å². The molecule has 0 aliphatic carbocycles. The Morgan fingerprint density at radius 3 is 2.71 bits per heavy atom. The summed E-state index contributed by atoms with van der Waals surface area (Å²) in [6.45, 7) is 2.29. The molecule has 0 fully saturated rings. The van der Waals surface area contributed by atoms with Crippen LogP contribution in [0.15, 0.2) is 75.9 Å². The van der Waals surface area contributed by atoms with Gasteiger partial charge in [0.25, 0.3) is 5.91 Å². The molecular weight excluding hydrogens is 356 g/mol. The fourth-order valence-electron chi connectivity index (χ4n) is 2.68. The van der Waals surface area contributed by atoms with Gasteiger partial charge >= 0.3 is 0 Å². The van der Waals surface area contributed by atoms with Gasteiger partial charge in [0, 0.05) is 16.9 Å². The number of carbonyl (C=O) groups excluding carboxylic acids is 1. The summed E-state index contributed by atoms with van der Waals surface area (Å²) in [6, 6.07) is 18.4. The van der Waals surface area contributed by atoms with E-state index in [9.17, 15) is 4.79 Å². The van der Waals surface area contributed by atoms with Gasteiger partial charge in [-0.1, -0.05) is 29.4 Å². The van der Waals surface area contributed by atoms with E-state index in [0.717, 1.165) is 16.9 Å². The number of furan rings is 1. The predicted octanol–water partition coefficient (Wildman–Crippen LogP) is 4.50. The molecular formula is C21H18N4O3. The Labute approximate surface area is 161 Å². The molecule has 140 valence electrons. The Morgan fingerprint density at radius 1 is 1.07 bits per heavy atom. The molecule has 0 aliphatic heterocycles. The first-order valence-electron chi connectivity index (χ1n) is 8.76. The summed E-state index contributed by atoms with van der Waals surface area (Å²) in [5.41, 5.74) is 3.12. The average molecular weight is 374 g/mol. The first-order valence-corrected chi connectivity index (χ1v) is 8.76. The van der Waals surface area contributed by atoms with E-state index in [4.69, 9.17) is 8.94 Å². The van der Waals surface area contributed by atoms with Crippen LogP contribution >= 0.6 is 0 Å². The van der Waals surface area contributed by atoms with Gasteiger partial charge in [-0.05, 0) is 48.9 Å². The normalized spacial score (nSPS) is 10.6. The summed E-state index contributed by atoms with van der Waals surface area (Å²) in [6.07, 6.45) is 1.55. The largest absolute Gasteiger partial charge is 0.461 e. The topological polar surface area (TPSA) is 93.2 Å². The lowest BCUT2D eigenvalue weighted by molar-refractivity contribution is 0.102. The summed E-state index contributed by atoms with van der Waals surface area (Å²) in [7, 11) is 0. The molecule has 7 heteroatoms. The Balaban J connectivity index is 1.45. The number of nitrogens with one attached hydrogen (secondary N) is 2. The average Bonchev–Trinajstić information content (AvgIpc) is 3.40. The van der Waals surface area contributed by atoms with Gasteiger partial charge in [0.2, 0.25) is 11.7 Å². The van der Waals surface area contributed by atoms with Crippen LogP contribution in [0, 0.1) is 6.92 Å². The first-order chi connectivity index (χ1) is 13.7. The first kappa shape index (κ1) is 17.5. The zero-order chi connectivity index (χ0) is 19.3. The monoisotopic (exact) mass is 374 g/mol. The van der Waals surface area contributed by atoms with E-state index < -0.39 is 0 Å². The molecule has 28 heavy (non-hydrogen) atoms. The van der Waals surface area contributed by atoms with Crippen molar-refractivity contribution in [2.45, 2.75) is 13.5 Å². The minimum absolute atomic E-state index is 0.174. The Hall–Kier alpha value is -3.87. The number of rotatable bonds is 6. The molecule has 2 aromatic carbocycles. The van der Waals surface area contributed by atoms with Gasteiger partial charge in [-0.25, -0.2) is 0 Å². The van der Waals surface area contributed by atoms with E-state index in [1.54, 1.807) is 30.5 Å². The SMILES string of the molecule is Cc1ccc(C(=O)Nc2ccccc2)cc1NCc1nc(-c2ccco2)no1. The molecule has 0 unspecified atom stereocenters. The van der Waals surface area contributed by atoms with Gasteiger partial charge < -0.3 is 19.6 Å². The van der Waals surface area contributed by atoms with Crippen LogP contribution in [0.5, 0.6) is 0 Å². The molecule has 0 saturated carbocycles. The fraction of sp³-hybridized carbons (Fsp3) is 0.0952. The van der Waals surface area contributed by atoms with E-state index in [1.165, 1.54) is 0 Å². The summed E-state index contributed by atoms with van der Waals surface area (Å²) < 4.78 is 10.5. The molecule has 7 nitrogen and oxygen atoms in total. The van der Waals surface area contributed by atoms with Crippen molar-refractivity contribution in [2.75, 3.05) is 10.6 Å². The van der Waals surface area contributed by atoms with Crippen molar-refractivity contribution in [3.63, 3.8) is 0 Å². The molecule has 0 saturated heterocycles. The maximum absolute atomic E-state index is 12.5. The van der Waals surface area contributed by atoms with Gasteiger partial charge in [0.1, 0.15) is 0 Å². The summed E-state index contributed by atoms with van der Waals surface area (Å²) in [4.78, 5) is 16.8. The second kappa shape index (κ2) is 7.79. The van der Waals surface area contributed by atoms with Gasteiger partial charge in [-0.3, -0.25) is 4.79 Å². The van der Waals surface area contributed by atoms with Crippen LogP contribution in [0.4, 0.5) is 11.4 Å². The quantitative estimate of drug-likeness (QED) is 0.516. The number of nitrogens with zero attached hydrogens (tertiary/aromatic N) is 2. The van der Waals surface area contributed by atoms with Crippen molar-refractivity contribution < 1.29 is 13.7 Å². The highest BCUT2D eigenvalue weighted by Gasteiger charge is 2.12. The lowest BCUT2D eigenvalue weighted by Crippen LogP contribution is -2.12. The predicted molar refractivity (Wildman–Crippen MR) is 105 cm³/mol. The van der Waals surface area contributed by atoms with Crippen molar-refractivity contribution in [2.24, 2.45) is 0 Å². The van der Waals surface area contributed by atoms with Crippen molar-refractivity contribution in [1.29, 1.82) is 0 Å². The minimum atomic E-state index is -0.174. The van der Waals surface area contributed by atoms with Gasteiger partial charge in [0.05, 0.1) is 12.8 Å². The summed E-state index contributed by atoms with van der Waals surface area (Å²) >= 11 is 0. The fourth-order valence-corrected chi connectivity index (χ4v) is 2.68. The molecule has 4 aromatic rings. The number of hydrogen-bond acceptors (Lipinski definition) is 6. The van der Waals surface area contributed by atoms with E-state index in [2.05, 4.69) is 20.8 Å². The van der Waals surface area contributed by atoms with Crippen LogP contribution in [0.25, 0.3) is 11.6 Å². The molecule has 2 N–H and O–H groups in total. The number of para-hydroxylation sites is 1. The molecule has 0 aliphatic rings. The van der Waals surface area contributed by atoms with Crippen molar-refractivity contribution in [3.8, 4) is 11.6 Å². The molecule has 0 atom stereocenters. The molecule has 2 aromatic heterocycles. The number of carbonyl (C=O) groups is 1. The summed E-state index contributed by atoms with van der Waals surface area (Å²) in [5.74, 6) is 1.19. The molecule has 1 amide bonds. The molecule has 0 bridgehead atoms. The highest BCUT2D eigenvalue weighted by atomic mass is 16.5. The van der Waals surface area contributed by atoms with Crippen molar-refractivity contribution >= 4 is 17.3 Å². The number of hydrogen-bond donors (Lipinski definition) is 2. The van der Waals surface area contributed by atoms with E-state index >= 15 is 0 Å². The lowest BCUT2D eigenvalue weighted by atomic mass is 10.1.